The molecule has 0 unspecified atom stereocenters. The van der Waals surface area contributed by atoms with Gasteiger partial charge in [0.05, 0.1) is 13.2 Å². The molecule has 10 nitrogen and oxygen atoms in total. The third-order valence-electron chi connectivity index (χ3n) is 4.59. The summed E-state index contributed by atoms with van der Waals surface area (Å²) in [4.78, 5) is 28.1. The summed E-state index contributed by atoms with van der Waals surface area (Å²) in [5.41, 5.74) is -0.387. The molecule has 2 amide bonds. The summed E-state index contributed by atoms with van der Waals surface area (Å²) in [6, 6.07) is 0. The molecule has 2 rings (SSSR count). The zero-order valence-corrected chi connectivity index (χ0v) is 17.0. The minimum Gasteiger partial charge on any atom is -0.378 e. The van der Waals surface area contributed by atoms with Crippen LogP contribution in [0.1, 0.15) is 40.0 Å². The Morgan fingerprint density at radius 2 is 1.70 bits per heavy atom. The molecule has 2 heterocycles. The molecule has 156 valence electrons. The van der Waals surface area contributed by atoms with Crippen molar-refractivity contribution in [3.8, 4) is 0 Å². The van der Waals surface area contributed by atoms with Crippen LogP contribution in [0.2, 0.25) is 0 Å². The number of amides is 2. The predicted molar refractivity (Wildman–Crippen MR) is 96.5 cm³/mol. The lowest BCUT2D eigenvalue weighted by Crippen LogP contribution is -2.53. The van der Waals surface area contributed by atoms with Gasteiger partial charge in [-0.15, -0.1) is 5.17 Å². The number of hydrazine groups is 1. The van der Waals surface area contributed by atoms with Crippen molar-refractivity contribution in [2.45, 2.75) is 40.0 Å². The summed E-state index contributed by atoms with van der Waals surface area (Å²) < 4.78 is 31.2. The van der Waals surface area contributed by atoms with E-state index in [4.69, 9.17) is 4.74 Å². The number of carbonyl (C=O) groups excluding carboxylic acids is 2. The van der Waals surface area contributed by atoms with Crippen LogP contribution in [-0.2, 0) is 24.5 Å². The molecule has 11 heteroatoms. The molecule has 0 aliphatic carbocycles. The first kappa shape index (κ1) is 22.0. The minimum absolute atomic E-state index is 0.0118. The van der Waals surface area contributed by atoms with Gasteiger partial charge in [-0.1, -0.05) is 25.6 Å². The van der Waals surface area contributed by atoms with Crippen LogP contribution in [0.5, 0.6) is 0 Å². The van der Waals surface area contributed by atoms with Crippen molar-refractivity contribution in [2.24, 2.45) is 11.3 Å². The molecule has 2 aliphatic heterocycles. The van der Waals surface area contributed by atoms with Crippen LogP contribution in [0.25, 0.3) is 0 Å². The Morgan fingerprint density at radius 3 is 2.22 bits per heavy atom. The molecule has 2 aliphatic rings. The second-order valence-corrected chi connectivity index (χ2v) is 9.80. The fraction of sp³-hybridized carbons (Fsp3) is 0.875. The number of nitrogens with one attached hydrogen (secondary N) is 1. The van der Waals surface area contributed by atoms with E-state index in [9.17, 15) is 23.2 Å². The first-order chi connectivity index (χ1) is 12.5. The highest BCUT2D eigenvalue weighted by atomic mass is 32.2. The molecule has 27 heavy (non-hydrogen) atoms. The van der Waals surface area contributed by atoms with Crippen molar-refractivity contribution in [3.05, 3.63) is 0 Å². The average Bonchev–Trinajstić information content (AvgIpc) is 2.60. The zero-order chi connectivity index (χ0) is 20.2. The maximum Gasteiger partial charge on any atom is 0.298 e. The summed E-state index contributed by atoms with van der Waals surface area (Å²) >= 11 is 0. The van der Waals surface area contributed by atoms with Crippen LogP contribution < -0.4 is 4.83 Å². The monoisotopic (exact) mass is 406 g/mol. The van der Waals surface area contributed by atoms with E-state index in [1.165, 1.54) is 0 Å². The topological polar surface area (TPSA) is 119 Å². The van der Waals surface area contributed by atoms with Crippen LogP contribution in [-0.4, -0.2) is 79.2 Å². The highest BCUT2D eigenvalue weighted by Crippen LogP contribution is 2.22. The second-order valence-electron chi connectivity index (χ2n) is 8.15. The van der Waals surface area contributed by atoms with Crippen LogP contribution >= 0.6 is 0 Å². The van der Waals surface area contributed by atoms with Crippen molar-refractivity contribution in [3.63, 3.8) is 0 Å². The van der Waals surface area contributed by atoms with Crippen LogP contribution in [0.15, 0.2) is 0 Å². The smallest absolute Gasteiger partial charge is 0.298 e. The van der Waals surface area contributed by atoms with Gasteiger partial charge >= 0.3 is 0 Å². The maximum absolute atomic E-state index is 12.5. The van der Waals surface area contributed by atoms with Crippen molar-refractivity contribution in [1.82, 2.24) is 19.2 Å². The lowest BCUT2D eigenvalue weighted by Gasteiger charge is -2.35. The molecule has 0 saturated carbocycles. The number of hydrogen-bond donors (Lipinski definition) is 2. The van der Waals surface area contributed by atoms with Gasteiger partial charge in [0.25, 0.3) is 16.1 Å². The third-order valence-corrected chi connectivity index (χ3v) is 6.03. The highest BCUT2D eigenvalue weighted by Gasteiger charge is 2.35. The van der Waals surface area contributed by atoms with Gasteiger partial charge in [-0.3, -0.25) is 14.8 Å². The molecular weight excluding hydrogens is 376 g/mol. The number of ether oxygens (including phenoxy) is 1. The molecule has 2 saturated heterocycles. The number of nitrogens with zero attached hydrogens (tertiary/aromatic N) is 3. The SMILES string of the molecule is CC(C)(C)CC(=O)N(O)NS(=O)(=O)N1CCC(C(=O)N2CCOCC2)CC1. The van der Waals surface area contributed by atoms with Gasteiger partial charge in [-0.25, -0.2) is 0 Å². The molecule has 0 spiro atoms. The number of piperidine rings is 1. The van der Waals surface area contributed by atoms with E-state index in [1.54, 1.807) is 4.90 Å². The lowest BCUT2D eigenvalue weighted by atomic mass is 9.92. The fourth-order valence-electron chi connectivity index (χ4n) is 3.13. The number of hydroxylamine groups is 1. The van der Waals surface area contributed by atoms with Gasteiger partial charge in [0.1, 0.15) is 0 Å². The van der Waals surface area contributed by atoms with Gasteiger partial charge < -0.3 is 9.64 Å². The Morgan fingerprint density at radius 1 is 1.15 bits per heavy atom. The van der Waals surface area contributed by atoms with E-state index in [0.29, 0.717) is 39.1 Å². The number of hydrogen-bond acceptors (Lipinski definition) is 6. The zero-order valence-electron chi connectivity index (χ0n) is 16.2. The van der Waals surface area contributed by atoms with E-state index >= 15 is 0 Å². The first-order valence-corrected chi connectivity index (χ1v) is 10.6. The van der Waals surface area contributed by atoms with Gasteiger partial charge in [-0.05, 0) is 18.3 Å². The number of rotatable bonds is 5. The van der Waals surface area contributed by atoms with Gasteiger partial charge in [0.2, 0.25) is 5.91 Å². The van der Waals surface area contributed by atoms with Crippen LogP contribution in [0.4, 0.5) is 0 Å². The summed E-state index contributed by atoms with van der Waals surface area (Å²) in [5.74, 6) is -0.918. The molecule has 2 fully saturated rings. The molecule has 0 atom stereocenters. The van der Waals surface area contributed by atoms with E-state index < -0.39 is 16.1 Å². The largest absolute Gasteiger partial charge is 0.378 e. The van der Waals surface area contributed by atoms with E-state index in [0.717, 1.165) is 4.31 Å². The second kappa shape index (κ2) is 8.82. The summed E-state index contributed by atoms with van der Waals surface area (Å²) in [7, 11) is -4.06. The molecule has 0 aromatic carbocycles. The Kier molecular flexibility index (Phi) is 7.20. The van der Waals surface area contributed by atoms with Crippen molar-refractivity contribution in [2.75, 3.05) is 39.4 Å². The maximum atomic E-state index is 12.5. The highest BCUT2D eigenvalue weighted by molar-refractivity contribution is 7.87. The summed E-state index contributed by atoms with van der Waals surface area (Å²) in [5, 5.41) is 9.79. The average molecular weight is 407 g/mol. The van der Waals surface area contributed by atoms with Gasteiger partial charge in [0, 0.05) is 38.5 Å². The quantitative estimate of drug-likeness (QED) is 0.488. The molecule has 2 N–H and O–H groups in total. The lowest BCUT2D eigenvalue weighted by molar-refractivity contribution is -0.174. The molecule has 0 radical (unpaired) electrons. The Bertz CT molecular complexity index is 634. The predicted octanol–water partition coefficient (Wildman–Crippen LogP) is -0.0394. The molecular formula is C16H30N4O6S. The normalized spacial score (nSPS) is 20.5. The van der Waals surface area contributed by atoms with Crippen LogP contribution in [0, 0.1) is 11.3 Å². The number of carbonyl (C=O) groups is 2. The van der Waals surface area contributed by atoms with Crippen LogP contribution in [0.3, 0.4) is 0 Å². The third kappa shape index (κ3) is 6.39. The standard InChI is InChI=1S/C16H30N4O6S/c1-16(2,3)12-14(21)20(23)17-27(24,25)19-6-4-13(5-7-19)15(22)18-8-10-26-11-9-18/h13,17,23H,4-12H2,1-3H3. The van der Waals surface area contributed by atoms with E-state index in [2.05, 4.69) is 0 Å². The molecule has 0 bridgehead atoms. The van der Waals surface area contributed by atoms with Gasteiger partial charge in [0.15, 0.2) is 0 Å². The minimum atomic E-state index is -4.06. The van der Waals surface area contributed by atoms with E-state index in [1.807, 2.05) is 25.6 Å². The van der Waals surface area contributed by atoms with E-state index in [-0.39, 0.29) is 41.9 Å². The fourth-order valence-corrected chi connectivity index (χ4v) is 4.26. The summed E-state index contributed by atoms with van der Waals surface area (Å²) in [6.45, 7) is 7.91. The Balaban J connectivity index is 1.86. The number of morpholine rings is 1. The summed E-state index contributed by atoms with van der Waals surface area (Å²) in [6.07, 6.45) is 0.791. The Hall–Kier alpha value is -1.27. The van der Waals surface area contributed by atoms with Crippen molar-refractivity contribution in [1.29, 1.82) is 0 Å². The van der Waals surface area contributed by atoms with Crippen molar-refractivity contribution >= 4 is 22.0 Å². The first-order valence-electron chi connectivity index (χ1n) is 9.15. The van der Waals surface area contributed by atoms with Gasteiger partial charge in [-0.2, -0.15) is 12.7 Å². The molecule has 0 aromatic heterocycles. The van der Waals surface area contributed by atoms with Crippen molar-refractivity contribution < 1.29 is 28.0 Å². The Labute approximate surface area is 160 Å². The molecule has 0 aromatic rings.